The number of carbonyl (C=O) groups is 1. The molecule has 0 N–H and O–H groups in total. The Labute approximate surface area is 169 Å². The fourth-order valence-corrected chi connectivity index (χ4v) is 3.11. The zero-order chi connectivity index (χ0) is 20.2. The third kappa shape index (κ3) is 4.14. The van der Waals surface area contributed by atoms with Crippen LogP contribution < -0.4 is 4.74 Å². The monoisotopic (exact) mass is 386 g/mol. The van der Waals surface area contributed by atoms with E-state index in [0.29, 0.717) is 18.8 Å². The lowest BCUT2D eigenvalue weighted by Gasteiger charge is -2.09. The van der Waals surface area contributed by atoms with Gasteiger partial charge in [0.1, 0.15) is 18.7 Å². The van der Waals surface area contributed by atoms with E-state index in [9.17, 15) is 4.79 Å². The van der Waals surface area contributed by atoms with E-state index in [2.05, 4.69) is 36.2 Å². The summed E-state index contributed by atoms with van der Waals surface area (Å²) in [5.74, 6) is 0.466. The number of benzene rings is 3. The lowest BCUT2D eigenvalue weighted by molar-refractivity contribution is 0.0526. The van der Waals surface area contributed by atoms with Crippen molar-refractivity contribution in [1.82, 2.24) is 9.55 Å². The Bertz CT molecular complexity index is 1130. The van der Waals surface area contributed by atoms with E-state index in [4.69, 9.17) is 9.47 Å². The molecule has 3 aromatic carbocycles. The molecule has 4 aromatic rings. The van der Waals surface area contributed by atoms with Gasteiger partial charge in [0.05, 0.1) is 23.2 Å². The largest absolute Gasteiger partial charge is 0.489 e. The first kappa shape index (κ1) is 18.7. The van der Waals surface area contributed by atoms with Gasteiger partial charge in [0.2, 0.25) is 0 Å². The van der Waals surface area contributed by atoms with Crippen LogP contribution >= 0.6 is 0 Å². The normalized spacial score (nSPS) is 10.8. The molecular formula is C24H22N2O3. The summed E-state index contributed by atoms with van der Waals surface area (Å²) in [4.78, 5) is 16.5. The molecule has 0 amide bonds. The first-order chi connectivity index (χ1) is 14.1. The van der Waals surface area contributed by atoms with E-state index in [-0.39, 0.29) is 5.97 Å². The molecule has 0 spiro atoms. The van der Waals surface area contributed by atoms with Gasteiger partial charge < -0.3 is 9.47 Å². The predicted molar refractivity (Wildman–Crippen MR) is 113 cm³/mol. The van der Waals surface area contributed by atoms with Crippen molar-refractivity contribution < 1.29 is 14.3 Å². The molecule has 0 fully saturated rings. The maximum Gasteiger partial charge on any atom is 0.338 e. The number of imidazole rings is 1. The molecule has 1 aromatic heterocycles. The third-order valence-electron chi connectivity index (χ3n) is 4.70. The van der Waals surface area contributed by atoms with Crippen LogP contribution in [0.25, 0.3) is 16.7 Å². The number of hydrogen-bond donors (Lipinski definition) is 0. The molecule has 0 saturated heterocycles. The molecule has 0 radical (unpaired) electrons. The average molecular weight is 386 g/mol. The first-order valence-electron chi connectivity index (χ1n) is 9.57. The van der Waals surface area contributed by atoms with Crippen LogP contribution in [0, 0.1) is 6.92 Å². The minimum Gasteiger partial charge on any atom is -0.489 e. The van der Waals surface area contributed by atoms with Crippen LogP contribution in [-0.2, 0) is 11.3 Å². The van der Waals surface area contributed by atoms with Crippen molar-refractivity contribution in [2.45, 2.75) is 20.5 Å². The van der Waals surface area contributed by atoms with Gasteiger partial charge in [-0.25, -0.2) is 9.78 Å². The smallest absolute Gasteiger partial charge is 0.338 e. The van der Waals surface area contributed by atoms with Crippen LogP contribution in [0.3, 0.4) is 0 Å². The fraction of sp³-hybridized carbons (Fsp3) is 0.167. The van der Waals surface area contributed by atoms with Gasteiger partial charge in [0.15, 0.2) is 0 Å². The van der Waals surface area contributed by atoms with E-state index in [1.165, 1.54) is 5.56 Å². The van der Waals surface area contributed by atoms with Crippen LogP contribution in [0.1, 0.15) is 28.4 Å². The van der Waals surface area contributed by atoms with Gasteiger partial charge in [0, 0.05) is 5.69 Å². The predicted octanol–water partition coefficient (Wildman–Crippen LogP) is 5.09. The number of nitrogens with zero attached hydrogens (tertiary/aromatic N) is 2. The summed E-state index contributed by atoms with van der Waals surface area (Å²) in [5.41, 5.74) is 5.49. The van der Waals surface area contributed by atoms with Crippen molar-refractivity contribution in [2.75, 3.05) is 6.61 Å². The molecule has 1 heterocycles. The maximum atomic E-state index is 12.0. The lowest BCUT2D eigenvalue weighted by Crippen LogP contribution is -2.04. The summed E-state index contributed by atoms with van der Waals surface area (Å²) in [6.07, 6.45) is 1.75. The number of hydrogen-bond acceptors (Lipinski definition) is 4. The molecule has 0 saturated carbocycles. The maximum absolute atomic E-state index is 12.0. The highest BCUT2D eigenvalue weighted by Crippen LogP contribution is 2.22. The van der Waals surface area contributed by atoms with Gasteiger partial charge in [-0.3, -0.25) is 4.57 Å². The number of fused-ring (bicyclic) bond motifs is 1. The molecule has 4 rings (SSSR count). The Kier molecular flexibility index (Phi) is 5.29. The van der Waals surface area contributed by atoms with Crippen molar-refractivity contribution in [3.05, 3.63) is 89.7 Å². The summed E-state index contributed by atoms with van der Waals surface area (Å²) in [5, 5.41) is 0. The average Bonchev–Trinajstić information content (AvgIpc) is 3.17. The SMILES string of the molecule is CCOC(=O)c1ccc2ncn(-c3ccc(OCc4ccc(C)cc4)cc3)c2c1. The lowest BCUT2D eigenvalue weighted by atomic mass is 10.2. The van der Waals surface area contributed by atoms with Crippen molar-refractivity contribution in [3.8, 4) is 11.4 Å². The fourth-order valence-electron chi connectivity index (χ4n) is 3.11. The number of aromatic nitrogens is 2. The van der Waals surface area contributed by atoms with E-state index in [0.717, 1.165) is 28.0 Å². The second-order valence-electron chi connectivity index (χ2n) is 6.81. The minimum absolute atomic E-state index is 0.331. The van der Waals surface area contributed by atoms with E-state index >= 15 is 0 Å². The molecule has 0 aliphatic carbocycles. The standard InChI is InChI=1S/C24H22N2O3/c1-3-28-24(27)19-8-13-22-23(14-19)26(16-25-22)20-9-11-21(12-10-20)29-15-18-6-4-17(2)5-7-18/h4-14,16H,3,15H2,1-2H3. The molecule has 0 bridgehead atoms. The Morgan fingerprint density at radius 1 is 1.00 bits per heavy atom. The van der Waals surface area contributed by atoms with Crippen molar-refractivity contribution in [3.63, 3.8) is 0 Å². The molecule has 0 aliphatic heterocycles. The highest BCUT2D eigenvalue weighted by molar-refractivity contribution is 5.94. The topological polar surface area (TPSA) is 53.3 Å². The number of carbonyl (C=O) groups excluding carboxylic acids is 1. The van der Waals surface area contributed by atoms with Gasteiger partial charge in [-0.15, -0.1) is 0 Å². The van der Waals surface area contributed by atoms with Crippen molar-refractivity contribution in [1.29, 1.82) is 0 Å². The van der Waals surface area contributed by atoms with Crippen LogP contribution in [0.15, 0.2) is 73.1 Å². The molecule has 29 heavy (non-hydrogen) atoms. The van der Waals surface area contributed by atoms with Crippen LogP contribution in [0.4, 0.5) is 0 Å². The summed E-state index contributed by atoms with van der Waals surface area (Å²) in [6.45, 7) is 4.73. The summed E-state index contributed by atoms with van der Waals surface area (Å²) < 4.78 is 12.9. The second kappa shape index (κ2) is 8.19. The van der Waals surface area contributed by atoms with Crippen molar-refractivity contribution in [2.24, 2.45) is 0 Å². The zero-order valence-electron chi connectivity index (χ0n) is 16.5. The van der Waals surface area contributed by atoms with Gasteiger partial charge in [-0.1, -0.05) is 29.8 Å². The summed E-state index contributed by atoms with van der Waals surface area (Å²) in [7, 11) is 0. The Morgan fingerprint density at radius 2 is 1.76 bits per heavy atom. The van der Waals surface area contributed by atoms with Gasteiger partial charge >= 0.3 is 5.97 Å². The molecule has 146 valence electrons. The number of rotatable bonds is 6. The Hall–Kier alpha value is -3.60. The molecular weight excluding hydrogens is 364 g/mol. The first-order valence-corrected chi connectivity index (χ1v) is 9.57. The molecule has 0 atom stereocenters. The summed E-state index contributed by atoms with van der Waals surface area (Å²) in [6, 6.07) is 21.5. The number of esters is 1. The summed E-state index contributed by atoms with van der Waals surface area (Å²) >= 11 is 0. The molecule has 0 aliphatic rings. The number of ether oxygens (including phenoxy) is 2. The minimum atomic E-state index is -0.331. The van der Waals surface area contributed by atoms with E-state index in [1.54, 1.807) is 19.3 Å². The van der Waals surface area contributed by atoms with Crippen LogP contribution in [0.5, 0.6) is 5.75 Å². The number of aryl methyl sites for hydroxylation is 1. The van der Waals surface area contributed by atoms with E-state index in [1.807, 2.05) is 41.0 Å². The van der Waals surface area contributed by atoms with Crippen LogP contribution in [-0.4, -0.2) is 22.1 Å². The van der Waals surface area contributed by atoms with Gasteiger partial charge in [-0.2, -0.15) is 0 Å². The highest BCUT2D eigenvalue weighted by Gasteiger charge is 2.11. The van der Waals surface area contributed by atoms with Gasteiger partial charge in [0.25, 0.3) is 0 Å². The van der Waals surface area contributed by atoms with Crippen LogP contribution in [0.2, 0.25) is 0 Å². The van der Waals surface area contributed by atoms with Crippen molar-refractivity contribution >= 4 is 17.0 Å². The second-order valence-corrected chi connectivity index (χ2v) is 6.81. The zero-order valence-corrected chi connectivity index (χ0v) is 16.5. The highest BCUT2D eigenvalue weighted by atomic mass is 16.5. The van der Waals surface area contributed by atoms with E-state index < -0.39 is 0 Å². The molecule has 5 heteroatoms. The quantitative estimate of drug-likeness (QED) is 0.433. The Morgan fingerprint density at radius 3 is 2.48 bits per heavy atom. The third-order valence-corrected chi connectivity index (χ3v) is 4.70. The molecule has 0 unspecified atom stereocenters. The molecule has 5 nitrogen and oxygen atoms in total. The Balaban J connectivity index is 1.53. The van der Waals surface area contributed by atoms with Gasteiger partial charge in [-0.05, 0) is 61.9 Å².